The summed E-state index contributed by atoms with van der Waals surface area (Å²) in [5.74, 6) is 5.53. The number of anilines is 1. The van der Waals surface area contributed by atoms with Crippen LogP contribution in [0.4, 0.5) is 5.95 Å². The molecule has 1 amide bonds. The molecule has 20 heavy (non-hydrogen) atoms. The quantitative estimate of drug-likeness (QED) is 0.807. The minimum Gasteiger partial charge on any atom is -0.320 e. The lowest BCUT2D eigenvalue weighted by Crippen LogP contribution is -2.14. The van der Waals surface area contributed by atoms with Gasteiger partial charge in [-0.2, -0.15) is 5.10 Å². The van der Waals surface area contributed by atoms with E-state index in [0.29, 0.717) is 12.1 Å². The summed E-state index contributed by atoms with van der Waals surface area (Å²) < 4.78 is 0. The van der Waals surface area contributed by atoms with Gasteiger partial charge in [0.05, 0.1) is 28.4 Å². The molecule has 0 fully saturated rings. The number of rotatable bonds is 2. The molecule has 0 aromatic carbocycles. The van der Waals surface area contributed by atoms with E-state index in [0.717, 1.165) is 16.3 Å². The van der Waals surface area contributed by atoms with Crippen LogP contribution in [0, 0.1) is 25.7 Å². The number of hydrogen-bond acceptors (Lipinski definition) is 6. The van der Waals surface area contributed by atoms with Crippen molar-refractivity contribution < 1.29 is 4.79 Å². The molecule has 2 aromatic rings. The van der Waals surface area contributed by atoms with Crippen molar-refractivity contribution in [3.8, 4) is 11.8 Å². The molecule has 0 spiro atoms. The van der Waals surface area contributed by atoms with Crippen LogP contribution >= 0.6 is 11.3 Å². The zero-order chi connectivity index (χ0) is 14.5. The molecule has 2 heterocycles. The zero-order valence-corrected chi connectivity index (χ0v) is 11.9. The van der Waals surface area contributed by atoms with Crippen LogP contribution in [0.2, 0.25) is 0 Å². The van der Waals surface area contributed by atoms with E-state index in [1.165, 1.54) is 11.3 Å². The fraction of sp³-hybridized carbons (Fsp3) is 0.231. The van der Waals surface area contributed by atoms with Gasteiger partial charge < -0.3 is 5.73 Å². The van der Waals surface area contributed by atoms with Gasteiger partial charge in [-0.3, -0.25) is 10.1 Å². The summed E-state index contributed by atoms with van der Waals surface area (Å²) in [5, 5.41) is 12.1. The van der Waals surface area contributed by atoms with Crippen molar-refractivity contribution in [2.45, 2.75) is 13.8 Å². The van der Waals surface area contributed by atoms with E-state index in [-0.39, 0.29) is 11.9 Å². The van der Waals surface area contributed by atoms with Crippen LogP contribution in [0.3, 0.4) is 0 Å². The maximum atomic E-state index is 12.0. The molecule has 0 radical (unpaired) electrons. The summed E-state index contributed by atoms with van der Waals surface area (Å²) in [6, 6.07) is 1.71. The van der Waals surface area contributed by atoms with Gasteiger partial charge in [0.15, 0.2) is 0 Å². The highest BCUT2D eigenvalue weighted by Gasteiger charge is 2.11. The number of aryl methyl sites for hydroxylation is 2. The number of carbonyl (C=O) groups is 1. The summed E-state index contributed by atoms with van der Waals surface area (Å²) in [5.41, 5.74) is 7.28. The Balaban J connectivity index is 2.11. The summed E-state index contributed by atoms with van der Waals surface area (Å²) >= 11 is 1.39. The van der Waals surface area contributed by atoms with Crippen molar-refractivity contribution in [3.05, 3.63) is 33.3 Å². The van der Waals surface area contributed by atoms with Gasteiger partial charge in [-0.05, 0) is 19.9 Å². The van der Waals surface area contributed by atoms with Gasteiger partial charge in [-0.25, -0.2) is 4.98 Å². The Bertz CT molecular complexity index is 698. The normalized spacial score (nSPS) is 9.75. The number of amides is 1. The second-order valence-electron chi connectivity index (χ2n) is 3.97. The molecule has 0 aliphatic rings. The maximum Gasteiger partial charge on any atom is 0.258 e. The number of nitrogens with one attached hydrogen (secondary N) is 1. The molecule has 0 saturated heterocycles. The summed E-state index contributed by atoms with van der Waals surface area (Å²) in [6.07, 6.45) is 0. The summed E-state index contributed by atoms with van der Waals surface area (Å²) in [6.45, 7) is 3.91. The van der Waals surface area contributed by atoms with E-state index in [9.17, 15) is 4.79 Å². The number of thiophene rings is 1. The fourth-order valence-corrected chi connectivity index (χ4v) is 2.10. The molecule has 3 N–H and O–H groups in total. The van der Waals surface area contributed by atoms with Crippen LogP contribution in [0.25, 0.3) is 0 Å². The molecule has 2 rings (SSSR count). The molecule has 0 unspecified atom stereocenters. The summed E-state index contributed by atoms with van der Waals surface area (Å²) in [4.78, 5) is 17.0. The van der Waals surface area contributed by atoms with Crippen molar-refractivity contribution in [3.63, 3.8) is 0 Å². The van der Waals surface area contributed by atoms with Gasteiger partial charge in [0, 0.05) is 5.38 Å². The first kappa shape index (κ1) is 14.1. The predicted molar refractivity (Wildman–Crippen MR) is 77.5 cm³/mol. The van der Waals surface area contributed by atoms with Crippen molar-refractivity contribution in [2.24, 2.45) is 5.73 Å². The highest BCUT2D eigenvalue weighted by Crippen LogP contribution is 2.14. The zero-order valence-electron chi connectivity index (χ0n) is 11.1. The molecular weight excluding hydrogens is 274 g/mol. The van der Waals surface area contributed by atoms with Crippen LogP contribution in [0.1, 0.15) is 26.6 Å². The fourth-order valence-electron chi connectivity index (χ4n) is 1.34. The molecule has 102 valence electrons. The van der Waals surface area contributed by atoms with Gasteiger partial charge in [0.25, 0.3) is 5.91 Å². The van der Waals surface area contributed by atoms with Gasteiger partial charge in [-0.1, -0.05) is 11.8 Å². The van der Waals surface area contributed by atoms with Gasteiger partial charge in [-0.15, -0.1) is 16.4 Å². The van der Waals surface area contributed by atoms with Crippen LogP contribution in [-0.4, -0.2) is 27.6 Å². The van der Waals surface area contributed by atoms with Gasteiger partial charge in [0.1, 0.15) is 0 Å². The lowest BCUT2D eigenvalue weighted by atomic mass is 10.3. The number of carbonyl (C=O) groups excluding carboxylic acids is 1. The Labute approximate surface area is 120 Å². The van der Waals surface area contributed by atoms with Crippen LogP contribution in [0.5, 0.6) is 0 Å². The average molecular weight is 287 g/mol. The molecule has 0 saturated carbocycles. The predicted octanol–water partition coefficient (Wildman–Crippen LogP) is 1.11. The van der Waals surface area contributed by atoms with Crippen LogP contribution < -0.4 is 11.1 Å². The third-order valence-electron chi connectivity index (χ3n) is 2.49. The highest BCUT2D eigenvalue weighted by molar-refractivity contribution is 7.10. The SMILES string of the molecule is Cc1nnc(NC(=O)c2csc(C#CCN)c2)nc1C. The van der Waals surface area contributed by atoms with Crippen LogP contribution in [-0.2, 0) is 0 Å². The third kappa shape index (κ3) is 3.38. The molecule has 0 bridgehead atoms. The average Bonchev–Trinajstić information content (AvgIpc) is 2.89. The second kappa shape index (κ2) is 6.23. The first-order chi connectivity index (χ1) is 9.60. The first-order valence-electron chi connectivity index (χ1n) is 5.87. The largest absolute Gasteiger partial charge is 0.320 e. The molecule has 2 aromatic heterocycles. The van der Waals surface area contributed by atoms with Crippen molar-refractivity contribution >= 4 is 23.2 Å². The number of nitrogens with two attached hydrogens (primary N) is 1. The van der Waals surface area contributed by atoms with E-state index in [1.807, 2.05) is 13.8 Å². The lowest BCUT2D eigenvalue weighted by Gasteiger charge is -2.03. The lowest BCUT2D eigenvalue weighted by molar-refractivity contribution is 0.102. The number of aromatic nitrogens is 3. The van der Waals surface area contributed by atoms with Gasteiger partial charge >= 0.3 is 0 Å². The standard InChI is InChI=1S/C13H13N5OS/c1-8-9(2)17-18-13(15-8)16-12(19)10-6-11(20-7-10)4-3-5-14/h6-7H,5,14H2,1-2H3,(H,15,16,18,19). The Kier molecular flexibility index (Phi) is 4.40. The third-order valence-corrected chi connectivity index (χ3v) is 3.34. The highest BCUT2D eigenvalue weighted by atomic mass is 32.1. The Hall–Kier alpha value is -2.30. The van der Waals surface area contributed by atoms with E-state index in [2.05, 4.69) is 32.3 Å². The van der Waals surface area contributed by atoms with Crippen LogP contribution in [0.15, 0.2) is 11.4 Å². The smallest absolute Gasteiger partial charge is 0.258 e. The second-order valence-corrected chi connectivity index (χ2v) is 4.88. The van der Waals surface area contributed by atoms with E-state index in [4.69, 9.17) is 5.73 Å². The monoisotopic (exact) mass is 287 g/mol. The topological polar surface area (TPSA) is 93.8 Å². The maximum absolute atomic E-state index is 12.0. The molecular formula is C13H13N5OS. The Morgan fingerprint density at radius 3 is 2.90 bits per heavy atom. The number of hydrogen-bond donors (Lipinski definition) is 2. The molecule has 0 aliphatic carbocycles. The van der Waals surface area contributed by atoms with E-state index in [1.54, 1.807) is 11.4 Å². The van der Waals surface area contributed by atoms with Gasteiger partial charge in [0.2, 0.25) is 5.95 Å². The van der Waals surface area contributed by atoms with Crippen molar-refractivity contribution in [2.75, 3.05) is 11.9 Å². The van der Waals surface area contributed by atoms with Crippen molar-refractivity contribution in [1.82, 2.24) is 15.2 Å². The minimum absolute atomic E-state index is 0.193. The molecule has 0 atom stereocenters. The Morgan fingerprint density at radius 2 is 2.20 bits per heavy atom. The molecule has 6 nitrogen and oxygen atoms in total. The van der Waals surface area contributed by atoms with E-state index >= 15 is 0 Å². The summed E-state index contributed by atoms with van der Waals surface area (Å²) in [7, 11) is 0. The molecule has 7 heteroatoms. The van der Waals surface area contributed by atoms with Crippen molar-refractivity contribution in [1.29, 1.82) is 0 Å². The number of nitrogens with zero attached hydrogens (tertiary/aromatic N) is 3. The Morgan fingerprint density at radius 1 is 1.40 bits per heavy atom. The molecule has 0 aliphatic heterocycles. The minimum atomic E-state index is -0.285. The first-order valence-corrected chi connectivity index (χ1v) is 6.75. The van der Waals surface area contributed by atoms with E-state index < -0.39 is 0 Å².